The number of likely N-dealkylation sites (tertiary alicyclic amines) is 1. The van der Waals surface area contributed by atoms with Crippen molar-refractivity contribution in [2.45, 2.75) is 32.4 Å². The van der Waals surface area contributed by atoms with E-state index in [1.54, 1.807) is 0 Å². The van der Waals surface area contributed by atoms with Gasteiger partial charge in [0.1, 0.15) is 0 Å². The highest BCUT2D eigenvalue weighted by Crippen LogP contribution is 2.15. The molecule has 0 radical (unpaired) electrons. The van der Waals surface area contributed by atoms with Crippen LogP contribution in [0.25, 0.3) is 0 Å². The Morgan fingerprint density at radius 2 is 2.05 bits per heavy atom. The number of piperazine rings is 1. The predicted molar refractivity (Wildman–Crippen MR) is 84.5 cm³/mol. The summed E-state index contributed by atoms with van der Waals surface area (Å²) in [5.41, 5.74) is 1.81. The molecule has 1 N–H and O–H groups in total. The second-order valence-corrected chi connectivity index (χ2v) is 6.22. The van der Waals surface area contributed by atoms with Crippen molar-refractivity contribution in [1.29, 1.82) is 0 Å². The zero-order chi connectivity index (χ0) is 15.5. The number of hydrogen-bond acceptors (Lipinski definition) is 3. The van der Waals surface area contributed by atoms with E-state index >= 15 is 0 Å². The maximum Gasteiger partial charge on any atom is 0.253 e. The average molecular weight is 301 g/mol. The van der Waals surface area contributed by atoms with Gasteiger partial charge < -0.3 is 15.1 Å². The summed E-state index contributed by atoms with van der Waals surface area (Å²) in [6.45, 7) is 5.95. The number of benzene rings is 1. The molecule has 5 nitrogen and oxygen atoms in total. The molecular formula is C17H23N3O2. The van der Waals surface area contributed by atoms with Crippen LogP contribution in [0.1, 0.15) is 35.7 Å². The molecule has 2 aliphatic heterocycles. The number of nitrogens with zero attached hydrogens (tertiary/aromatic N) is 2. The lowest BCUT2D eigenvalue weighted by atomic mass is 10.1. The second kappa shape index (κ2) is 6.48. The van der Waals surface area contributed by atoms with Gasteiger partial charge >= 0.3 is 0 Å². The number of carbonyl (C=O) groups excluding carboxylic acids is 2. The molecule has 0 saturated carbocycles. The maximum absolute atomic E-state index is 12.5. The van der Waals surface area contributed by atoms with Crippen LogP contribution in [0.4, 0.5) is 0 Å². The lowest BCUT2D eigenvalue weighted by Gasteiger charge is -2.32. The summed E-state index contributed by atoms with van der Waals surface area (Å²) in [6, 6.07) is 8.03. The third-order valence-electron chi connectivity index (χ3n) is 4.40. The Kier molecular flexibility index (Phi) is 4.43. The molecule has 1 aromatic carbocycles. The van der Waals surface area contributed by atoms with Crippen LogP contribution in [0.15, 0.2) is 24.3 Å². The third-order valence-corrected chi connectivity index (χ3v) is 4.40. The molecule has 1 atom stereocenters. The molecule has 0 aliphatic carbocycles. The molecule has 2 fully saturated rings. The lowest BCUT2D eigenvalue weighted by Crippen LogP contribution is -2.51. The van der Waals surface area contributed by atoms with Gasteiger partial charge in [0.05, 0.1) is 0 Å². The Labute approximate surface area is 131 Å². The van der Waals surface area contributed by atoms with Gasteiger partial charge in [-0.25, -0.2) is 0 Å². The smallest absolute Gasteiger partial charge is 0.253 e. The Morgan fingerprint density at radius 1 is 1.27 bits per heavy atom. The first-order valence-electron chi connectivity index (χ1n) is 8.03. The van der Waals surface area contributed by atoms with Gasteiger partial charge in [-0.2, -0.15) is 0 Å². The van der Waals surface area contributed by atoms with E-state index in [1.807, 2.05) is 34.1 Å². The van der Waals surface area contributed by atoms with E-state index in [9.17, 15) is 9.59 Å². The molecule has 0 bridgehead atoms. The number of hydrogen-bond donors (Lipinski definition) is 1. The predicted octanol–water partition coefficient (Wildman–Crippen LogP) is 1.24. The van der Waals surface area contributed by atoms with Crippen LogP contribution in [-0.2, 0) is 11.3 Å². The van der Waals surface area contributed by atoms with Crippen LogP contribution in [0.2, 0.25) is 0 Å². The van der Waals surface area contributed by atoms with Crippen molar-refractivity contribution in [1.82, 2.24) is 15.1 Å². The van der Waals surface area contributed by atoms with E-state index in [4.69, 9.17) is 0 Å². The molecule has 118 valence electrons. The SMILES string of the molecule is CC1CN(C(=O)c2ccc(CN3CCCC3=O)cc2)CCN1. The van der Waals surface area contributed by atoms with Crippen molar-refractivity contribution in [2.24, 2.45) is 0 Å². The fraction of sp³-hybridized carbons (Fsp3) is 0.529. The standard InChI is InChI=1S/C17H23N3O2/c1-13-11-20(10-8-18-13)17(22)15-6-4-14(5-7-15)12-19-9-2-3-16(19)21/h4-7,13,18H,2-3,8-12H2,1H3. The normalized spacial score (nSPS) is 22.2. The van der Waals surface area contributed by atoms with Crippen LogP contribution in [0, 0.1) is 0 Å². The van der Waals surface area contributed by atoms with Gasteiger partial charge in [-0.1, -0.05) is 12.1 Å². The fourth-order valence-corrected chi connectivity index (χ4v) is 3.14. The molecule has 2 aliphatic rings. The molecule has 1 unspecified atom stereocenters. The monoisotopic (exact) mass is 301 g/mol. The van der Waals surface area contributed by atoms with Crippen LogP contribution < -0.4 is 5.32 Å². The van der Waals surface area contributed by atoms with Gasteiger partial charge in [0, 0.05) is 50.7 Å². The Bertz CT molecular complexity index is 556. The summed E-state index contributed by atoms with van der Waals surface area (Å²) in [7, 11) is 0. The van der Waals surface area contributed by atoms with E-state index in [0.717, 1.165) is 43.7 Å². The molecular weight excluding hydrogens is 278 g/mol. The minimum Gasteiger partial charge on any atom is -0.338 e. The van der Waals surface area contributed by atoms with Gasteiger partial charge in [0.15, 0.2) is 0 Å². The summed E-state index contributed by atoms with van der Waals surface area (Å²) in [5.74, 6) is 0.326. The first kappa shape index (κ1) is 15.0. The summed E-state index contributed by atoms with van der Waals surface area (Å²) in [5, 5.41) is 3.34. The summed E-state index contributed by atoms with van der Waals surface area (Å²) in [4.78, 5) is 27.9. The number of amides is 2. The largest absolute Gasteiger partial charge is 0.338 e. The van der Waals surface area contributed by atoms with Crippen molar-refractivity contribution < 1.29 is 9.59 Å². The highest BCUT2D eigenvalue weighted by atomic mass is 16.2. The van der Waals surface area contributed by atoms with Crippen LogP contribution in [-0.4, -0.2) is 53.8 Å². The average Bonchev–Trinajstić information content (AvgIpc) is 2.92. The van der Waals surface area contributed by atoms with Crippen molar-refractivity contribution in [3.63, 3.8) is 0 Å². The third kappa shape index (κ3) is 3.30. The topological polar surface area (TPSA) is 52.7 Å². The van der Waals surface area contributed by atoms with Crippen molar-refractivity contribution in [3.8, 4) is 0 Å². The highest BCUT2D eigenvalue weighted by Gasteiger charge is 2.22. The van der Waals surface area contributed by atoms with Gasteiger partial charge in [0.25, 0.3) is 5.91 Å². The minimum atomic E-state index is 0.0946. The van der Waals surface area contributed by atoms with E-state index in [2.05, 4.69) is 12.2 Å². The lowest BCUT2D eigenvalue weighted by molar-refractivity contribution is -0.128. The van der Waals surface area contributed by atoms with Crippen LogP contribution >= 0.6 is 0 Å². The number of nitrogens with one attached hydrogen (secondary N) is 1. The van der Waals surface area contributed by atoms with Crippen molar-refractivity contribution in [3.05, 3.63) is 35.4 Å². The maximum atomic E-state index is 12.5. The first-order chi connectivity index (χ1) is 10.6. The molecule has 2 saturated heterocycles. The van der Waals surface area contributed by atoms with Gasteiger partial charge in [-0.05, 0) is 31.0 Å². The van der Waals surface area contributed by atoms with Gasteiger partial charge in [-0.15, -0.1) is 0 Å². The van der Waals surface area contributed by atoms with E-state index in [0.29, 0.717) is 19.0 Å². The molecule has 1 aromatic rings. The fourth-order valence-electron chi connectivity index (χ4n) is 3.14. The second-order valence-electron chi connectivity index (χ2n) is 6.22. The molecule has 2 heterocycles. The van der Waals surface area contributed by atoms with Crippen LogP contribution in [0.5, 0.6) is 0 Å². The van der Waals surface area contributed by atoms with E-state index in [-0.39, 0.29) is 11.8 Å². The van der Waals surface area contributed by atoms with Gasteiger partial charge in [0.2, 0.25) is 5.91 Å². The van der Waals surface area contributed by atoms with Gasteiger partial charge in [-0.3, -0.25) is 9.59 Å². The highest BCUT2D eigenvalue weighted by molar-refractivity contribution is 5.94. The molecule has 0 spiro atoms. The quantitative estimate of drug-likeness (QED) is 0.914. The number of rotatable bonds is 3. The first-order valence-corrected chi connectivity index (χ1v) is 8.03. The summed E-state index contributed by atoms with van der Waals surface area (Å²) in [6.07, 6.45) is 1.62. The number of carbonyl (C=O) groups is 2. The summed E-state index contributed by atoms with van der Waals surface area (Å²) >= 11 is 0. The molecule has 22 heavy (non-hydrogen) atoms. The Hall–Kier alpha value is -1.88. The van der Waals surface area contributed by atoms with Crippen molar-refractivity contribution >= 4 is 11.8 Å². The Balaban J connectivity index is 1.63. The summed E-state index contributed by atoms with van der Waals surface area (Å²) < 4.78 is 0. The van der Waals surface area contributed by atoms with E-state index in [1.165, 1.54) is 0 Å². The zero-order valence-electron chi connectivity index (χ0n) is 13.0. The van der Waals surface area contributed by atoms with E-state index < -0.39 is 0 Å². The minimum absolute atomic E-state index is 0.0946. The molecule has 2 amide bonds. The molecule has 3 rings (SSSR count). The van der Waals surface area contributed by atoms with Crippen LogP contribution in [0.3, 0.4) is 0 Å². The zero-order valence-corrected chi connectivity index (χ0v) is 13.0. The molecule has 5 heteroatoms. The van der Waals surface area contributed by atoms with Crippen molar-refractivity contribution in [2.75, 3.05) is 26.2 Å². The molecule has 0 aromatic heterocycles. The Morgan fingerprint density at radius 3 is 2.68 bits per heavy atom.